The molecule has 1 aromatic rings. The summed E-state index contributed by atoms with van der Waals surface area (Å²) in [6.45, 7) is 0.263. The monoisotopic (exact) mass is 350 g/mol. The van der Waals surface area contributed by atoms with Crippen LogP contribution in [0, 0.1) is 11.7 Å². The van der Waals surface area contributed by atoms with Gasteiger partial charge in [0.05, 0.1) is 11.4 Å². The molecule has 19 heavy (non-hydrogen) atoms. The van der Waals surface area contributed by atoms with E-state index in [9.17, 15) is 17.6 Å². The van der Waals surface area contributed by atoms with Gasteiger partial charge in [-0.2, -0.15) is 0 Å². The van der Waals surface area contributed by atoms with E-state index in [2.05, 4.69) is 15.9 Å². The molecular formula is C11H12BrFN2O3S. The van der Waals surface area contributed by atoms with E-state index in [1.807, 2.05) is 0 Å². The van der Waals surface area contributed by atoms with Crippen molar-refractivity contribution in [3.05, 3.63) is 28.5 Å². The van der Waals surface area contributed by atoms with Crippen LogP contribution >= 0.6 is 15.9 Å². The van der Waals surface area contributed by atoms with Crippen molar-refractivity contribution in [3.63, 3.8) is 0 Å². The fourth-order valence-corrected chi connectivity index (χ4v) is 3.60. The van der Waals surface area contributed by atoms with Gasteiger partial charge in [-0.05, 0) is 34.1 Å². The third kappa shape index (κ3) is 3.52. The minimum atomic E-state index is -3.60. The van der Waals surface area contributed by atoms with Crippen molar-refractivity contribution in [2.75, 3.05) is 17.2 Å². The fraction of sp³-hybridized carbons (Fsp3) is 0.364. The van der Waals surface area contributed by atoms with Gasteiger partial charge in [-0.1, -0.05) is 0 Å². The van der Waals surface area contributed by atoms with Gasteiger partial charge in [0.1, 0.15) is 5.82 Å². The molecule has 0 saturated carbocycles. The van der Waals surface area contributed by atoms with Gasteiger partial charge in [-0.3, -0.25) is 4.79 Å². The number of rotatable bonds is 3. The van der Waals surface area contributed by atoms with Crippen molar-refractivity contribution in [2.24, 2.45) is 11.1 Å². The standard InChI is InChI=1S/C11H12BrFN2O3S/c12-9-4-8(13)1-2-10(9)15-5-7(3-11(15)16)6-19(14,17)18/h1-2,4,7H,3,5-6H2,(H2,14,17,18). The zero-order chi connectivity index (χ0) is 14.2. The SMILES string of the molecule is NS(=O)(=O)CC1CC(=O)N(c2ccc(F)cc2Br)C1. The Morgan fingerprint density at radius 2 is 2.16 bits per heavy atom. The van der Waals surface area contributed by atoms with Crippen molar-refractivity contribution < 1.29 is 17.6 Å². The van der Waals surface area contributed by atoms with Gasteiger partial charge in [0.25, 0.3) is 0 Å². The van der Waals surface area contributed by atoms with Crippen molar-refractivity contribution in [1.82, 2.24) is 0 Å². The van der Waals surface area contributed by atoms with E-state index in [-0.39, 0.29) is 30.5 Å². The number of hydrogen-bond donors (Lipinski definition) is 1. The number of carbonyl (C=O) groups excluding carboxylic acids is 1. The van der Waals surface area contributed by atoms with E-state index in [1.165, 1.54) is 23.1 Å². The first kappa shape index (κ1) is 14.4. The molecule has 0 aliphatic carbocycles. The van der Waals surface area contributed by atoms with Crippen LogP contribution in [-0.2, 0) is 14.8 Å². The van der Waals surface area contributed by atoms with E-state index >= 15 is 0 Å². The summed E-state index contributed by atoms with van der Waals surface area (Å²) < 4.78 is 35.5. The lowest BCUT2D eigenvalue weighted by Gasteiger charge is -2.18. The van der Waals surface area contributed by atoms with E-state index in [0.29, 0.717) is 10.2 Å². The van der Waals surface area contributed by atoms with E-state index in [4.69, 9.17) is 5.14 Å². The van der Waals surface area contributed by atoms with E-state index < -0.39 is 15.8 Å². The molecule has 0 spiro atoms. The zero-order valence-electron chi connectivity index (χ0n) is 9.84. The Hall–Kier alpha value is -0.990. The van der Waals surface area contributed by atoms with Gasteiger partial charge >= 0.3 is 0 Å². The molecule has 1 heterocycles. The molecule has 2 N–H and O–H groups in total. The fourth-order valence-electron chi connectivity index (χ4n) is 2.15. The minimum absolute atomic E-state index is 0.125. The van der Waals surface area contributed by atoms with Gasteiger partial charge in [-0.15, -0.1) is 0 Å². The summed E-state index contributed by atoms with van der Waals surface area (Å²) in [6, 6.07) is 3.99. The summed E-state index contributed by atoms with van der Waals surface area (Å²) in [7, 11) is -3.60. The van der Waals surface area contributed by atoms with Crippen LogP contribution in [0.1, 0.15) is 6.42 Å². The third-order valence-corrected chi connectivity index (χ3v) is 4.44. The first-order valence-electron chi connectivity index (χ1n) is 5.52. The maximum Gasteiger partial charge on any atom is 0.227 e. The van der Waals surface area contributed by atoms with Gasteiger partial charge in [0, 0.05) is 23.4 Å². The summed E-state index contributed by atoms with van der Waals surface area (Å²) >= 11 is 3.19. The lowest BCUT2D eigenvalue weighted by molar-refractivity contribution is -0.117. The topological polar surface area (TPSA) is 80.5 Å². The number of amides is 1. The largest absolute Gasteiger partial charge is 0.311 e. The Balaban J connectivity index is 2.20. The molecule has 1 saturated heterocycles. The third-order valence-electron chi connectivity index (χ3n) is 2.87. The highest BCUT2D eigenvalue weighted by Crippen LogP contribution is 2.32. The summed E-state index contributed by atoms with van der Waals surface area (Å²) in [4.78, 5) is 13.3. The number of nitrogens with zero attached hydrogens (tertiary/aromatic N) is 1. The zero-order valence-corrected chi connectivity index (χ0v) is 12.2. The molecule has 2 rings (SSSR count). The highest BCUT2D eigenvalue weighted by atomic mass is 79.9. The maximum atomic E-state index is 13.0. The molecule has 0 aromatic heterocycles. The summed E-state index contributed by atoms with van der Waals surface area (Å²) in [6.07, 6.45) is 0.125. The molecule has 8 heteroatoms. The summed E-state index contributed by atoms with van der Waals surface area (Å²) in [5, 5.41) is 4.98. The summed E-state index contributed by atoms with van der Waals surface area (Å²) in [5.74, 6) is -1.17. The number of halogens is 2. The van der Waals surface area contributed by atoms with Crippen molar-refractivity contribution in [3.8, 4) is 0 Å². The average molecular weight is 351 g/mol. The molecule has 0 bridgehead atoms. The molecule has 1 aliphatic heterocycles. The first-order valence-corrected chi connectivity index (χ1v) is 8.03. The predicted molar refractivity (Wildman–Crippen MR) is 72.5 cm³/mol. The lowest BCUT2D eigenvalue weighted by atomic mass is 10.1. The molecule has 5 nitrogen and oxygen atoms in total. The Morgan fingerprint density at radius 1 is 1.47 bits per heavy atom. The van der Waals surface area contributed by atoms with Crippen LogP contribution in [0.15, 0.2) is 22.7 Å². The Labute approximate surface area is 118 Å². The summed E-state index contributed by atoms with van der Waals surface area (Å²) in [5.41, 5.74) is 0.531. The normalized spacial score (nSPS) is 20.1. The quantitative estimate of drug-likeness (QED) is 0.890. The second kappa shape index (κ2) is 5.18. The second-order valence-corrected chi connectivity index (χ2v) is 7.01. The maximum absolute atomic E-state index is 13.0. The second-order valence-electron chi connectivity index (χ2n) is 4.50. The molecule has 1 fully saturated rings. The Morgan fingerprint density at radius 3 is 2.74 bits per heavy atom. The van der Waals surface area contributed by atoms with Crippen LogP contribution in [0.3, 0.4) is 0 Å². The Kier molecular flexibility index (Phi) is 3.93. The number of hydrogen-bond acceptors (Lipinski definition) is 3. The Bertz CT molecular complexity index is 620. The van der Waals surface area contributed by atoms with Crippen LogP contribution in [-0.4, -0.2) is 26.6 Å². The van der Waals surface area contributed by atoms with Crippen molar-refractivity contribution in [2.45, 2.75) is 6.42 Å². The van der Waals surface area contributed by atoms with Crippen molar-refractivity contribution in [1.29, 1.82) is 0 Å². The van der Waals surface area contributed by atoms with Crippen LogP contribution in [0.25, 0.3) is 0 Å². The number of nitrogens with two attached hydrogens (primary N) is 1. The smallest absolute Gasteiger partial charge is 0.227 e. The molecular weight excluding hydrogens is 339 g/mol. The molecule has 1 aromatic carbocycles. The number of carbonyl (C=O) groups is 1. The van der Waals surface area contributed by atoms with Gasteiger partial charge < -0.3 is 4.90 Å². The first-order chi connectivity index (χ1) is 8.76. The predicted octanol–water partition coefficient (Wildman–Crippen LogP) is 1.23. The molecule has 1 amide bonds. The molecule has 0 radical (unpaired) electrons. The highest BCUT2D eigenvalue weighted by molar-refractivity contribution is 9.10. The average Bonchev–Trinajstić information content (AvgIpc) is 2.56. The molecule has 1 aliphatic rings. The van der Waals surface area contributed by atoms with Crippen LogP contribution in [0.5, 0.6) is 0 Å². The van der Waals surface area contributed by atoms with Gasteiger partial charge in [0.2, 0.25) is 15.9 Å². The minimum Gasteiger partial charge on any atom is -0.311 e. The van der Waals surface area contributed by atoms with E-state index in [1.54, 1.807) is 0 Å². The molecule has 1 unspecified atom stereocenters. The highest BCUT2D eigenvalue weighted by Gasteiger charge is 2.33. The number of sulfonamides is 1. The van der Waals surface area contributed by atoms with Gasteiger partial charge in [-0.25, -0.2) is 17.9 Å². The van der Waals surface area contributed by atoms with Gasteiger partial charge in [0.15, 0.2) is 0 Å². The lowest BCUT2D eigenvalue weighted by Crippen LogP contribution is -2.27. The van der Waals surface area contributed by atoms with Crippen LogP contribution in [0.4, 0.5) is 10.1 Å². The number of primary sulfonamides is 1. The number of anilines is 1. The van der Waals surface area contributed by atoms with Crippen LogP contribution in [0.2, 0.25) is 0 Å². The van der Waals surface area contributed by atoms with E-state index in [0.717, 1.165) is 0 Å². The van der Waals surface area contributed by atoms with Crippen LogP contribution < -0.4 is 10.0 Å². The molecule has 104 valence electrons. The van der Waals surface area contributed by atoms with Crippen molar-refractivity contribution >= 4 is 37.5 Å². The molecule has 1 atom stereocenters. The number of benzene rings is 1.